The van der Waals surface area contributed by atoms with Gasteiger partial charge in [-0.05, 0) is 48.2 Å². The molecule has 4 heteroatoms. The van der Waals surface area contributed by atoms with E-state index >= 15 is 0 Å². The van der Waals surface area contributed by atoms with Crippen molar-refractivity contribution in [1.82, 2.24) is 4.98 Å². The number of nitrogens with one attached hydrogen (secondary N) is 1. The molecule has 86 valence electrons. The molecule has 0 radical (unpaired) electrons. The van der Waals surface area contributed by atoms with Crippen LogP contribution in [0.5, 0.6) is 0 Å². The van der Waals surface area contributed by atoms with Crippen LogP contribution in [0.1, 0.15) is 26.0 Å². The summed E-state index contributed by atoms with van der Waals surface area (Å²) < 4.78 is 0. The fourth-order valence-electron chi connectivity index (χ4n) is 1.27. The summed E-state index contributed by atoms with van der Waals surface area (Å²) in [4.78, 5) is 3.43. The molecule has 0 atom stereocenters. The summed E-state index contributed by atoms with van der Waals surface area (Å²) in [5.41, 5.74) is 6.78. The number of aromatic amines is 1. The number of rotatable bonds is 7. The maximum absolute atomic E-state index is 5.44. The van der Waals surface area contributed by atoms with Crippen LogP contribution in [0.3, 0.4) is 0 Å². The minimum absolute atomic E-state index is 0.714. The third kappa shape index (κ3) is 5.54. The Morgan fingerprint density at radius 2 is 2.20 bits per heavy atom. The first kappa shape index (κ1) is 13.0. The third-order valence-corrected chi connectivity index (χ3v) is 4.31. The molecule has 0 unspecified atom stereocenters. The molecule has 1 aromatic heterocycles. The van der Waals surface area contributed by atoms with Crippen molar-refractivity contribution in [2.24, 2.45) is 11.7 Å². The molecule has 0 saturated heterocycles. The molecule has 0 spiro atoms. The summed E-state index contributed by atoms with van der Waals surface area (Å²) in [5.74, 6) is 1.84. The zero-order valence-corrected chi connectivity index (χ0v) is 11.1. The topological polar surface area (TPSA) is 41.8 Å². The van der Waals surface area contributed by atoms with E-state index in [9.17, 15) is 0 Å². The van der Waals surface area contributed by atoms with Crippen molar-refractivity contribution in [3.05, 3.63) is 17.8 Å². The third-order valence-electron chi connectivity index (χ3n) is 1.93. The minimum Gasteiger partial charge on any atom is -0.353 e. The summed E-state index contributed by atoms with van der Waals surface area (Å²) >= 11 is 0. The van der Waals surface area contributed by atoms with Gasteiger partial charge in [0.25, 0.3) is 0 Å². The maximum Gasteiger partial charge on any atom is 0.0831 e. The SMILES string of the molecule is CC(C)Cc1ccc(SSCCCN)[nH]1. The number of hydrogen-bond acceptors (Lipinski definition) is 3. The average molecular weight is 244 g/mol. The molecule has 0 aromatic carbocycles. The molecule has 15 heavy (non-hydrogen) atoms. The number of hydrogen-bond donors (Lipinski definition) is 2. The average Bonchev–Trinajstić information content (AvgIpc) is 2.59. The monoisotopic (exact) mass is 244 g/mol. The first-order valence-corrected chi connectivity index (χ1v) is 7.71. The van der Waals surface area contributed by atoms with E-state index in [-0.39, 0.29) is 0 Å². The highest BCUT2D eigenvalue weighted by Gasteiger charge is 2.02. The Bertz CT molecular complexity index is 271. The smallest absolute Gasteiger partial charge is 0.0831 e. The van der Waals surface area contributed by atoms with Crippen molar-refractivity contribution in [1.29, 1.82) is 0 Å². The Morgan fingerprint density at radius 3 is 2.87 bits per heavy atom. The second kappa shape index (κ2) is 7.25. The first-order chi connectivity index (χ1) is 7.22. The minimum atomic E-state index is 0.714. The highest BCUT2D eigenvalue weighted by molar-refractivity contribution is 8.76. The molecule has 1 aromatic rings. The highest BCUT2D eigenvalue weighted by Crippen LogP contribution is 2.30. The van der Waals surface area contributed by atoms with Gasteiger partial charge in [-0.15, -0.1) is 0 Å². The van der Waals surface area contributed by atoms with Gasteiger partial charge in [0.05, 0.1) is 5.03 Å². The normalized spacial score (nSPS) is 11.2. The van der Waals surface area contributed by atoms with Gasteiger partial charge in [-0.1, -0.05) is 24.6 Å². The molecule has 3 N–H and O–H groups in total. The quantitative estimate of drug-likeness (QED) is 0.571. The van der Waals surface area contributed by atoms with E-state index < -0.39 is 0 Å². The predicted octanol–water partition coefficient (Wildman–Crippen LogP) is 3.30. The van der Waals surface area contributed by atoms with Crippen LogP contribution >= 0.6 is 21.6 Å². The second-order valence-corrected chi connectivity index (χ2v) is 6.45. The van der Waals surface area contributed by atoms with E-state index in [1.54, 1.807) is 0 Å². The molecular formula is C11H20N2S2. The summed E-state index contributed by atoms with van der Waals surface area (Å²) in [6.45, 7) is 5.27. The van der Waals surface area contributed by atoms with E-state index in [4.69, 9.17) is 5.73 Å². The summed E-state index contributed by atoms with van der Waals surface area (Å²) in [6, 6.07) is 4.35. The van der Waals surface area contributed by atoms with Crippen molar-refractivity contribution in [2.45, 2.75) is 31.7 Å². The van der Waals surface area contributed by atoms with Gasteiger partial charge in [0.2, 0.25) is 0 Å². The lowest BCUT2D eigenvalue weighted by Crippen LogP contribution is -1.98. The molecule has 0 fully saturated rings. The largest absolute Gasteiger partial charge is 0.353 e. The molecule has 0 amide bonds. The van der Waals surface area contributed by atoms with Gasteiger partial charge in [0, 0.05) is 11.4 Å². The van der Waals surface area contributed by atoms with Gasteiger partial charge in [0.1, 0.15) is 0 Å². The maximum atomic E-state index is 5.44. The Hall–Kier alpha value is -0.0600. The summed E-state index contributed by atoms with van der Waals surface area (Å²) in [7, 11) is 3.68. The van der Waals surface area contributed by atoms with E-state index in [1.807, 2.05) is 21.6 Å². The van der Waals surface area contributed by atoms with Gasteiger partial charge in [-0.3, -0.25) is 0 Å². The van der Waals surface area contributed by atoms with Crippen LogP contribution in [-0.2, 0) is 6.42 Å². The van der Waals surface area contributed by atoms with E-state index in [0.29, 0.717) is 5.92 Å². The molecule has 2 nitrogen and oxygen atoms in total. The van der Waals surface area contributed by atoms with Gasteiger partial charge in [0.15, 0.2) is 0 Å². The van der Waals surface area contributed by atoms with Gasteiger partial charge in [-0.2, -0.15) is 0 Å². The Labute approximate surface area is 100 Å². The molecule has 0 saturated carbocycles. The van der Waals surface area contributed by atoms with E-state index in [2.05, 4.69) is 31.0 Å². The fourth-order valence-corrected chi connectivity index (χ4v) is 3.34. The molecule has 0 aliphatic carbocycles. The van der Waals surface area contributed by atoms with Gasteiger partial charge >= 0.3 is 0 Å². The van der Waals surface area contributed by atoms with E-state index in [1.165, 1.54) is 10.7 Å². The van der Waals surface area contributed by atoms with Crippen LogP contribution in [0.15, 0.2) is 17.2 Å². The second-order valence-electron chi connectivity index (χ2n) is 3.99. The van der Waals surface area contributed by atoms with Crippen LogP contribution in [0, 0.1) is 5.92 Å². The van der Waals surface area contributed by atoms with Crippen molar-refractivity contribution in [2.75, 3.05) is 12.3 Å². The lowest BCUT2D eigenvalue weighted by atomic mass is 10.1. The lowest BCUT2D eigenvalue weighted by molar-refractivity contribution is 0.635. The van der Waals surface area contributed by atoms with Crippen LogP contribution in [-0.4, -0.2) is 17.3 Å². The van der Waals surface area contributed by atoms with Crippen molar-refractivity contribution < 1.29 is 0 Å². The molecule has 1 heterocycles. The standard InChI is InChI=1S/C11H20N2S2/c1-9(2)8-10-4-5-11(13-10)15-14-7-3-6-12/h4-5,9,13H,3,6-8,12H2,1-2H3. The van der Waals surface area contributed by atoms with Gasteiger partial charge in [-0.25, -0.2) is 0 Å². The summed E-state index contributed by atoms with van der Waals surface area (Å²) in [5, 5.41) is 1.26. The zero-order valence-electron chi connectivity index (χ0n) is 9.45. The van der Waals surface area contributed by atoms with Crippen molar-refractivity contribution >= 4 is 21.6 Å². The zero-order chi connectivity index (χ0) is 11.1. The number of aromatic nitrogens is 1. The summed E-state index contributed by atoms with van der Waals surface area (Å²) in [6.07, 6.45) is 2.23. The van der Waals surface area contributed by atoms with Crippen molar-refractivity contribution in [3.63, 3.8) is 0 Å². The molecule has 1 rings (SSSR count). The predicted molar refractivity (Wildman–Crippen MR) is 71.3 cm³/mol. The van der Waals surface area contributed by atoms with Crippen LogP contribution in [0.2, 0.25) is 0 Å². The Morgan fingerprint density at radius 1 is 1.40 bits per heavy atom. The Balaban J connectivity index is 2.26. The van der Waals surface area contributed by atoms with Crippen LogP contribution in [0.25, 0.3) is 0 Å². The fraction of sp³-hybridized carbons (Fsp3) is 0.636. The number of H-pyrrole nitrogens is 1. The molecular weight excluding hydrogens is 224 g/mol. The molecule has 0 aliphatic rings. The van der Waals surface area contributed by atoms with Crippen LogP contribution < -0.4 is 5.73 Å². The van der Waals surface area contributed by atoms with E-state index in [0.717, 1.165) is 25.1 Å². The molecule has 0 aliphatic heterocycles. The van der Waals surface area contributed by atoms with Gasteiger partial charge < -0.3 is 10.7 Å². The van der Waals surface area contributed by atoms with Crippen molar-refractivity contribution in [3.8, 4) is 0 Å². The van der Waals surface area contributed by atoms with Crippen LogP contribution in [0.4, 0.5) is 0 Å². The molecule has 0 bridgehead atoms. The highest BCUT2D eigenvalue weighted by atomic mass is 33.1. The number of nitrogens with two attached hydrogens (primary N) is 1. The lowest BCUT2D eigenvalue weighted by Gasteiger charge is -2.01. The first-order valence-electron chi connectivity index (χ1n) is 5.39. The Kier molecular flexibility index (Phi) is 6.29.